The maximum atomic E-state index is 6.35. The quantitative estimate of drug-likeness (QED) is 0.224. The lowest BCUT2D eigenvalue weighted by atomic mass is 10.0. The minimum absolute atomic E-state index is 0.153. The molecule has 1 aliphatic rings. The van der Waals surface area contributed by atoms with Gasteiger partial charge in [0.2, 0.25) is 0 Å². The Labute approximate surface area is 232 Å². The molecule has 188 valence electrons. The van der Waals surface area contributed by atoms with Crippen molar-refractivity contribution >= 4 is 34.6 Å². The van der Waals surface area contributed by atoms with Gasteiger partial charge in [-0.3, -0.25) is 4.98 Å². The molecule has 0 aliphatic carbocycles. The molecular weight excluding hydrogens is 512 g/mol. The highest BCUT2D eigenvalue weighted by Crippen LogP contribution is 2.42. The highest BCUT2D eigenvalue weighted by molar-refractivity contribution is 7.80. The van der Waals surface area contributed by atoms with E-state index in [-0.39, 0.29) is 12.1 Å². The second kappa shape index (κ2) is 10.3. The van der Waals surface area contributed by atoms with Gasteiger partial charge in [-0.2, -0.15) is 0 Å². The number of halogens is 1. The number of aryl methyl sites for hydroxylation is 1. The minimum Gasteiger partial charge on any atom is -0.457 e. The summed E-state index contributed by atoms with van der Waals surface area (Å²) in [6, 6.07) is 33.7. The number of nitrogens with zero attached hydrogens (tertiary/aromatic N) is 3. The zero-order valence-electron chi connectivity index (χ0n) is 20.7. The van der Waals surface area contributed by atoms with Gasteiger partial charge in [0, 0.05) is 34.5 Å². The first-order valence-corrected chi connectivity index (χ1v) is 13.1. The molecule has 6 rings (SSSR count). The number of anilines is 1. The van der Waals surface area contributed by atoms with Gasteiger partial charge in [0.05, 0.1) is 11.7 Å². The van der Waals surface area contributed by atoms with Crippen molar-refractivity contribution in [2.45, 2.75) is 19.0 Å². The van der Waals surface area contributed by atoms with E-state index in [0.29, 0.717) is 10.1 Å². The predicted octanol–water partition coefficient (Wildman–Crippen LogP) is 7.80. The summed E-state index contributed by atoms with van der Waals surface area (Å²) in [4.78, 5) is 6.83. The Morgan fingerprint density at radius 1 is 0.868 bits per heavy atom. The number of rotatable bonds is 6. The van der Waals surface area contributed by atoms with Crippen molar-refractivity contribution in [3.05, 3.63) is 137 Å². The van der Waals surface area contributed by atoms with Gasteiger partial charge in [-0.1, -0.05) is 41.9 Å². The third kappa shape index (κ3) is 4.64. The molecule has 0 spiro atoms. The molecule has 38 heavy (non-hydrogen) atoms. The molecule has 0 bridgehead atoms. The van der Waals surface area contributed by atoms with Crippen LogP contribution in [0.1, 0.15) is 29.0 Å². The largest absolute Gasteiger partial charge is 0.457 e. The van der Waals surface area contributed by atoms with Gasteiger partial charge in [-0.15, -0.1) is 0 Å². The van der Waals surface area contributed by atoms with Crippen LogP contribution < -0.4 is 15.0 Å². The topological polar surface area (TPSA) is 42.3 Å². The predicted molar refractivity (Wildman–Crippen MR) is 156 cm³/mol. The molecule has 1 fully saturated rings. The van der Waals surface area contributed by atoms with Gasteiger partial charge in [0.15, 0.2) is 5.11 Å². The van der Waals surface area contributed by atoms with Crippen LogP contribution in [0.15, 0.2) is 116 Å². The van der Waals surface area contributed by atoms with Gasteiger partial charge in [-0.25, -0.2) is 0 Å². The molecule has 3 heterocycles. The summed E-state index contributed by atoms with van der Waals surface area (Å²) in [6.45, 7) is 2.04. The summed E-state index contributed by atoms with van der Waals surface area (Å²) < 4.78 is 8.30. The Balaban J connectivity index is 1.40. The summed E-state index contributed by atoms with van der Waals surface area (Å²) in [5.41, 5.74) is 5.01. The summed E-state index contributed by atoms with van der Waals surface area (Å²) in [6.07, 6.45) is 3.86. The van der Waals surface area contributed by atoms with Crippen LogP contribution in [-0.4, -0.2) is 14.7 Å². The van der Waals surface area contributed by atoms with Crippen molar-refractivity contribution in [1.29, 1.82) is 0 Å². The minimum atomic E-state index is -0.158. The van der Waals surface area contributed by atoms with E-state index in [1.165, 1.54) is 0 Å². The van der Waals surface area contributed by atoms with Crippen LogP contribution in [0.2, 0.25) is 5.02 Å². The maximum Gasteiger partial charge on any atom is 0.174 e. The monoisotopic (exact) mass is 536 g/mol. The zero-order valence-corrected chi connectivity index (χ0v) is 22.2. The molecule has 5 aromatic rings. The number of ether oxygens (including phenoxy) is 1. The van der Waals surface area contributed by atoms with E-state index in [2.05, 4.69) is 32.0 Å². The van der Waals surface area contributed by atoms with Crippen LogP contribution >= 0.6 is 23.8 Å². The first-order chi connectivity index (χ1) is 18.6. The average molecular weight is 537 g/mol. The molecule has 0 amide bonds. The molecule has 1 N–H and O–H groups in total. The summed E-state index contributed by atoms with van der Waals surface area (Å²) in [5, 5.41) is 4.85. The normalized spacial score (nSPS) is 16.9. The van der Waals surface area contributed by atoms with E-state index < -0.39 is 0 Å². The number of thiocarbonyl (C=S) groups is 1. The van der Waals surface area contributed by atoms with Gasteiger partial charge in [0.1, 0.15) is 17.5 Å². The second-order valence-electron chi connectivity index (χ2n) is 9.14. The number of benzene rings is 3. The molecule has 3 aromatic carbocycles. The molecule has 2 atom stereocenters. The molecule has 0 unspecified atom stereocenters. The molecule has 2 aromatic heterocycles. The zero-order chi connectivity index (χ0) is 26.1. The highest BCUT2D eigenvalue weighted by atomic mass is 35.5. The molecule has 1 aliphatic heterocycles. The highest BCUT2D eigenvalue weighted by Gasteiger charge is 2.42. The molecule has 5 nitrogen and oxygen atoms in total. The Kier molecular flexibility index (Phi) is 6.58. The fourth-order valence-electron chi connectivity index (χ4n) is 4.90. The third-order valence-corrected chi connectivity index (χ3v) is 7.25. The number of aromatic nitrogens is 2. The molecular formula is C31H25ClN4OS. The first kappa shape index (κ1) is 24.2. The smallest absolute Gasteiger partial charge is 0.174 e. The second-order valence-corrected chi connectivity index (χ2v) is 9.96. The van der Waals surface area contributed by atoms with Crippen LogP contribution in [0.4, 0.5) is 5.69 Å². The number of pyridine rings is 1. The number of para-hydroxylation sites is 1. The fourth-order valence-corrected chi connectivity index (χ4v) is 5.43. The van der Waals surface area contributed by atoms with Crippen LogP contribution in [0.3, 0.4) is 0 Å². The molecule has 1 saturated heterocycles. The maximum absolute atomic E-state index is 6.35. The van der Waals surface area contributed by atoms with E-state index in [0.717, 1.165) is 39.8 Å². The third-order valence-electron chi connectivity index (χ3n) is 6.70. The molecule has 0 saturated carbocycles. The lowest BCUT2D eigenvalue weighted by molar-refractivity contribution is 0.479. The number of hydrogen-bond acceptors (Lipinski definition) is 3. The summed E-state index contributed by atoms with van der Waals surface area (Å²) in [5.74, 6) is 1.60. The van der Waals surface area contributed by atoms with Gasteiger partial charge < -0.3 is 19.5 Å². The van der Waals surface area contributed by atoms with Gasteiger partial charge >= 0.3 is 0 Å². The Bertz CT molecular complexity index is 1590. The van der Waals surface area contributed by atoms with E-state index in [1.54, 1.807) is 0 Å². The van der Waals surface area contributed by atoms with Gasteiger partial charge in [0.25, 0.3) is 0 Å². The summed E-state index contributed by atoms with van der Waals surface area (Å²) >= 11 is 12.3. The van der Waals surface area contributed by atoms with E-state index >= 15 is 0 Å². The van der Waals surface area contributed by atoms with E-state index in [1.807, 2.05) is 110 Å². The lowest BCUT2D eigenvalue weighted by Gasteiger charge is -2.29. The molecule has 0 radical (unpaired) electrons. The van der Waals surface area contributed by atoms with Crippen LogP contribution in [0.25, 0.3) is 5.69 Å². The SMILES string of the molecule is Cc1ccccc1Oc1ccc(N2C(=S)N[C@H](c3ccccn3)[C@H]2c2cccn2-c2cccc(Cl)c2)cc1. The average Bonchev–Trinajstić information content (AvgIpc) is 3.55. The first-order valence-electron chi connectivity index (χ1n) is 12.4. The van der Waals surface area contributed by atoms with Crippen LogP contribution in [0.5, 0.6) is 11.5 Å². The van der Waals surface area contributed by atoms with E-state index in [4.69, 9.17) is 28.6 Å². The standard InChI is InChI=1S/C31H25ClN4OS/c1-21-8-2-3-13-28(21)37-25-16-14-23(15-17-25)36-30(29(34-31(36)38)26-11-4-5-18-33-26)27-12-7-19-35(27)24-10-6-9-22(32)20-24/h2-20,29-30H,1H3,(H,34,38)/t29-,30-/m1/s1. The fraction of sp³-hybridized carbons (Fsp3) is 0.0968. The lowest BCUT2D eigenvalue weighted by Crippen LogP contribution is -2.30. The van der Waals surface area contributed by atoms with Crippen molar-refractivity contribution in [1.82, 2.24) is 14.9 Å². The Hall–Kier alpha value is -4.13. The van der Waals surface area contributed by atoms with Crippen molar-refractivity contribution in [2.24, 2.45) is 0 Å². The van der Waals surface area contributed by atoms with Crippen LogP contribution in [-0.2, 0) is 0 Å². The Morgan fingerprint density at radius 2 is 1.68 bits per heavy atom. The van der Waals surface area contributed by atoms with E-state index in [9.17, 15) is 0 Å². The summed E-state index contributed by atoms with van der Waals surface area (Å²) in [7, 11) is 0. The number of hydrogen-bond donors (Lipinski definition) is 1. The molecule has 7 heteroatoms. The number of nitrogens with one attached hydrogen (secondary N) is 1. The van der Waals surface area contributed by atoms with Crippen LogP contribution in [0, 0.1) is 6.92 Å². The van der Waals surface area contributed by atoms with Crippen molar-refractivity contribution < 1.29 is 4.74 Å². The van der Waals surface area contributed by atoms with Crippen molar-refractivity contribution in [3.8, 4) is 17.2 Å². The Morgan fingerprint density at radius 3 is 2.45 bits per heavy atom. The van der Waals surface area contributed by atoms with Crippen molar-refractivity contribution in [2.75, 3.05) is 4.90 Å². The van der Waals surface area contributed by atoms with Crippen molar-refractivity contribution in [3.63, 3.8) is 0 Å². The van der Waals surface area contributed by atoms with Gasteiger partial charge in [-0.05, 0) is 97.5 Å².